The van der Waals surface area contributed by atoms with Gasteiger partial charge in [-0.15, -0.1) is 0 Å². The van der Waals surface area contributed by atoms with Crippen LogP contribution in [0.4, 0.5) is 4.79 Å². The zero-order valence-electron chi connectivity index (χ0n) is 8.58. The van der Waals surface area contributed by atoms with Crippen molar-refractivity contribution in [3.8, 4) is 0 Å². The molecule has 0 saturated heterocycles. The van der Waals surface area contributed by atoms with Crippen LogP contribution in [0.2, 0.25) is 0 Å². The zero-order valence-corrected chi connectivity index (χ0v) is 8.58. The van der Waals surface area contributed by atoms with Gasteiger partial charge < -0.3 is 20.6 Å². The second kappa shape index (κ2) is 8.31. The van der Waals surface area contributed by atoms with E-state index in [1.54, 1.807) is 0 Å². The third-order valence-corrected chi connectivity index (χ3v) is 1.14. The van der Waals surface area contributed by atoms with Gasteiger partial charge in [0.2, 0.25) is 0 Å². The van der Waals surface area contributed by atoms with E-state index in [2.05, 4.69) is 15.2 Å². The summed E-state index contributed by atoms with van der Waals surface area (Å²) in [5.74, 6) is 0. The highest BCUT2D eigenvalue weighted by Gasteiger charge is 1.92. The van der Waals surface area contributed by atoms with Gasteiger partial charge in [-0.3, -0.25) is 0 Å². The van der Waals surface area contributed by atoms with Gasteiger partial charge in [0.05, 0.1) is 5.71 Å². The third kappa shape index (κ3) is 10.7. The Hall–Kier alpha value is -1.30. The Bertz CT molecular complexity index is 190. The van der Waals surface area contributed by atoms with Gasteiger partial charge in [0.15, 0.2) is 0 Å². The van der Waals surface area contributed by atoms with Crippen molar-refractivity contribution < 1.29 is 14.4 Å². The lowest BCUT2D eigenvalue weighted by Gasteiger charge is -2.03. The first-order chi connectivity index (χ1) is 6.63. The number of hydrogen-bond acceptors (Lipinski definition) is 5. The number of carbonyl (C=O) groups excluding carboxylic acids is 1. The van der Waals surface area contributed by atoms with E-state index < -0.39 is 6.09 Å². The van der Waals surface area contributed by atoms with E-state index in [9.17, 15) is 4.79 Å². The molecule has 0 rings (SSSR count). The van der Waals surface area contributed by atoms with Gasteiger partial charge in [-0.25, -0.2) is 4.79 Å². The minimum atomic E-state index is -0.755. The molecular formula is C8H17N3O3. The third-order valence-electron chi connectivity index (χ3n) is 1.14. The summed E-state index contributed by atoms with van der Waals surface area (Å²) < 4.78 is 4.49. The SMILES string of the molecule is CC(C)=NOCCNCCOC(N)=O. The topological polar surface area (TPSA) is 85.9 Å². The molecule has 0 saturated carbocycles. The van der Waals surface area contributed by atoms with E-state index in [0.29, 0.717) is 19.7 Å². The minimum absolute atomic E-state index is 0.269. The predicted molar refractivity (Wildman–Crippen MR) is 53.1 cm³/mol. The minimum Gasteiger partial charge on any atom is -0.448 e. The molecule has 0 spiro atoms. The van der Waals surface area contributed by atoms with Crippen molar-refractivity contribution in [1.82, 2.24) is 5.32 Å². The largest absolute Gasteiger partial charge is 0.448 e. The number of carbonyl (C=O) groups is 1. The molecule has 0 heterocycles. The molecule has 0 radical (unpaired) electrons. The number of oxime groups is 1. The summed E-state index contributed by atoms with van der Waals surface area (Å²) in [5, 5.41) is 6.73. The van der Waals surface area contributed by atoms with Crippen LogP contribution in [0.15, 0.2) is 5.16 Å². The highest BCUT2D eigenvalue weighted by molar-refractivity contribution is 5.78. The molecule has 0 aromatic rings. The fourth-order valence-corrected chi connectivity index (χ4v) is 0.641. The summed E-state index contributed by atoms with van der Waals surface area (Å²) in [6.45, 7) is 5.68. The number of nitrogens with zero attached hydrogens (tertiary/aromatic N) is 1. The normalized spacial score (nSPS) is 9.29. The number of nitrogens with one attached hydrogen (secondary N) is 1. The van der Waals surface area contributed by atoms with Crippen molar-refractivity contribution >= 4 is 11.8 Å². The molecule has 0 aromatic carbocycles. The van der Waals surface area contributed by atoms with Crippen LogP contribution < -0.4 is 11.1 Å². The predicted octanol–water partition coefficient (Wildman–Crippen LogP) is 0.0837. The summed E-state index contributed by atoms with van der Waals surface area (Å²) in [4.78, 5) is 15.1. The second-order valence-corrected chi connectivity index (χ2v) is 2.79. The van der Waals surface area contributed by atoms with Gasteiger partial charge in [0, 0.05) is 13.1 Å². The first kappa shape index (κ1) is 12.7. The Morgan fingerprint density at radius 2 is 2.00 bits per heavy atom. The first-order valence-corrected chi connectivity index (χ1v) is 4.39. The van der Waals surface area contributed by atoms with Crippen molar-refractivity contribution in [2.24, 2.45) is 10.9 Å². The summed E-state index contributed by atoms with van der Waals surface area (Å²) in [5.41, 5.74) is 5.63. The Kier molecular flexibility index (Phi) is 7.53. The quantitative estimate of drug-likeness (QED) is 0.348. The molecule has 6 nitrogen and oxygen atoms in total. The summed E-state index contributed by atoms with van der Waals surface area (Å²) in [6, 6.07) is 0. The average Bonchev–Trinajstić information content (AvgIpc) is 2.08. The Labute approximate surface area is 83.4 Å². The van der Waals surface area contributed by atoms with Gasteiger partial charge in [0.25, 0.3) is 0 Å². The van der Waals surface area contributed by atoms with Crippen LogP contribution in [-0.2, 0) is 9.57 Å². The van der Waals surface area contributed by atoms with E-state index in [0.717, 1.165) is 5.71 Å². The zero-order chi connectivity index (χ0) is 10.8. The van der Waals surface area contributed by atoms with Gasteiger partial charge in [-0.05, 0) is 13.8 Å². The van der Waals surface area contributed by atoms with Crippen molar-refractivity contribution in [2.75, 3.05) is 26.3 Å². The lowest BCUT2D eigenvalue weighted by molar-refractivity contribution is 0.139. The van der Waals surface area contributed by atoms with Gasteiger partial charge in [0.1, 0.15) is 13.2 Å². The number of ether oxygens (including phenoxy) is 1. The van der Waals surface area contributed by atoms with Crippen LogP contribution in [-0.4, -0.2) is 38.1 Å². The Balaban J connectivity index is 3.07. The summed E-state index contributed by atoms with van der Waals surface area (Å²) >= 11 is 0. The Morgan fingerprint density at radius 3 is 2.57 bits per heavy atom. The summed E-state index contributed by atoms with van der Waals surface area (Å²) in [6.07, 6.45) is -0.755. The number of hydrogen-bond donors (Lipinski definition) is 2. The fraction of sp³-hybridized carbons (Fsp3) is 0.750. The maximum atomic E-state index is 10.1. The maximum Gasteiger partial charge on any atom is 0.404 e. The molecule has 6 heteroatoms. The standard InChI is InChI=1S/C8H17N3O3/c1-7(2)11-14-6-4-10-3-5-13-8(9)12/h10H,3-6H2,1-2H3,(H2,9,12). The molecule has 0 fully saturated rings. The fourth-order valence-electron chi connectivity index (χ4n) is 0.641. The van der Waals surface area contributed by atoms with Crippen LogP contribution in [0.25, 0.3) is 0 Å². The molecule has 0 atom stereocenters. The highest BCUT2D eigenvalue weighted by atomic mass is 16.6. The smallest absolute Gasteiger partial charge is 0.404 e. The van der Waals surface area contributed by atoms with Crippen molar-refractivity contribution in [1.29, 1.82) is 0 Å². The van der Waals surface area contributed by atoms with Crippen LogP contribution in [0.1, 0.15) is 13.8 Å². The van der Waals surface area contributed by atoms with E-state index in [4.69, 9.17) is 10.6 Å². The Morgan fingerprint density at radius 1 is 1.36 bits per heavy atom. The van der Waals surface area contributed by atoms with Crippen molar-refractivity contribution in [3.05, 3.63) is 0 Å². The number of rotatable bonds is 7. The maximum absolute atomic E-state index is 10.1. The van der Waals surface area contributed by atoms with E-state index >= 15 is 0 Å². The molecule has 14 heavy (non-hydrogen) atoms. The molecule has 82 valence electrons. The number of amides is 1. The van der Waals surface area contributed by atoms with Gasteiger partial charge in [-0.2, -0.15) is 0 Å². The monoisotopic (exact) mass is 203 g/mol. The molecule has 0 unspecified atom stereocenters. The molecular weight excluding hydrogens is 186 g/mol. The molecule has 0 aliphatic carbocycles. The molecule has 1 amide bonds. The van der Waals surface area contributed by atoms with Gasteiger partial charge in [-0.1, -0.05) is 5.16 Å². The highest BCUT2D eigenvalue weighted by Crippen LogP contribution is 1.78. The molecule has 0 aromatic heterocycles. The van der Waals surface area contributed by atoms with Crippen LogP contribution in [0, 0.1) is 0 Å². The molecule has 3 N–H and O–H groups in total. The molecule has 0 aliphatic rings. The number of nitrogens with two attached hydrogens (primary N) is 1. The number of primary amides is 1. The van der Waals surface area contributed by atoms with Crippen LogP contribution >= 0.6 is 0 Å². The average molecular weight is 203 g/mol. The van der Waals surface area contributed by atoms with E-state index in [1.807, 2.05) is 13.8 Å². The van der Waals surface area contributed by atoms with Gasteiger partial charge >= 0.3 is 6.09 Å². The summed E-state index contributed by atoms with van der Waals surface area (Å²) in [7, 11) is 0. The first-order valence-electron chi connectivity index (χ1n) is 4.39. The van der Waals surface area contributed by atoms with Crippen LogP contribution in [0.5, 0.6) is 0 Å². The molecule has 0 bridgehead atoms. The lowest BCUT2D eigenvalue weighted by atomic mass is 10.5. The second-order valence-electron chi connectivity index (χ2n) is 2.79. The molecule has 0 aliphatic heterocycles. The van der Waals surface area contributed by atoms with Crippen molar-refractivity contribution in [3.63, 3.8) is 0 Å². The van der Waals surface area contributed by atoms with E-state index in [-0.39, 0.29) is 6.61 Å². The lowest BCUT2D eigenvalue weighted by Crippen LogP contribution is -2.26. The van der Waals surface area contributed by atoms with E-state index in [1.165, 1.54) is 0 Å². The van der Waals surface area contributed by atoms with Crippen molar-refractivity contribution in [2.45, 2.75) is 13.8 Å². The van der Waals surface area contributed by atoms with Crippen LogP contribution in [0.3, 0.4) is 0 Å².